The second-order valence-electron chi connectivity index (χ2n) is 5.13. The van der Waals surface area contributed by atoms with E-state index < -0.39 is 5.97 Å². The number of allylic oxidation sites excluding steroid dienone is 2. The van der Waals surface area contributed by atoms with Crippen molar-refractivity contribution in [2.75, 3.05) is 0 Å². The smallest absolute Gasteiger partial charge is 0.307 e. The van der Waals surface area contributed by atoms with E-state index in [0.29, 0.717) is 0 Å². The largest absolute Gasteiger partial charge is 0.481 e. The number of carboxylic acids is 1. The van der Waals surface area contributed by atoms with Crippen LogP contribution in [0.4, 0.5) is 0 Å². The summed E-state index contributed by atoms with van der Waals surface area (Å²) in [5, 5.41) is 9.00. The van der Waals surface area contributed by atoms with Crippen LogP contribution in [-0.4, -0.2) is 17.4 Å². The zero-order valence-corrected chi connectivity index (χ0v) is 10.2. The third-order valence-electron chi connectivity index (χ3n) is 3.54. The van der Waals surface area contributed by atoms with Crippen LogP contribution in [0, 0.1) is 17.3 Å². The van der Waals surface area contributed by atoms with Gasteiger partial charge in [-0.25, -0.2) is 0 Å². The summed E-state index contributed by atoms with van der Waals surface area (Å²) in [7, 11) is 0. The maximum atomic E-state index is 11.0. The predicted molar refractivity (Wildman–Crippen MR) is 62.1 cm³/mol. The third-order valence-corrected chi connectivity index (χ3v) is 3.54. The highest BCUT2D eigenvalue weighted by atomic mass is 16.4. The molecule has 1 saturated carbocycles. The van der Waals surface area contributed by atoms with E-state index in [4.69, 9.17) is 5.11 Å². The summed E-state index contributed by atoms with van der Waals surface area (Å²) in [5.74, 6) is -1.07. The average molecular weight is 224 g/mol. The topological polar surface area (TPSA) is 54.4 Å². The average Bonchev–Trinajstić information content (AvgIpc) is 2.75. The van der Waals surface area contributed by atoms with Crippen molar-refractivity contribution in [2.45, 2.75) is 40.0 Å². The minimum Gasteiger partial charge on any atom is -0.481 e. The Morgan fingerprint density at radius 3 is 2.44 bits per heavy atom. The molecule has 1 aliphatic rings. The zero-order valence-electron chi connectivity index (χ0n) is 10.2. The molecule has 16 heavy (non-hydrogen) atoms. The third kappa shape index (κ3) is 2.52. The number of carbonyl (C=O) groups is 2. The van der Waals surface area contributed by atoms with Gasteiger partial charge in [0, 0.05) is 0 Å². The van der Waals surface area contributed by atoms with E-state index in [1.807, 2.05) is 19.9 Å². The van der Waals surface area contributed by atoms with Gasteiger partial charge in [-0.1, -0.05) is 33.3 Å². The van der Waals surface area contributed by atoms with Gasteiger partial charge in [-0.2, -0.15) is 0 Å². The molecule has 0 radical (unpaired) electrons. The standard InChI is InChI=1S/C13H20O3/c1-4-5-6-9(8-14)7-10-11(12(15)16)13(10,2)3/h7-8,10-11H,4-6H2,1-3H3,(H,15,16). The van der Waals surface area contributed by atoms with E-state index in [9.17, 15) is 9.59 Å². The fourth-order valence-corrected chi connectivity index (χ4v) is 2.25. The Balaban J connectivity index is 2.69. The molecule has 2 unspecified atom stereocenters. The Labute approximate surface area is 96.5 Å². The molecule has 1 N–H and O–H groups in total. The Bertz CT molecular complexity index is 315. The number of carbonyl (C=O) groups excluding carboxylic acids is 1. The fraction of sp³-hybridized carbons (Fsp3) is 0.692. The molecule has 0 spiro atoms. The number of hydrogen-bond donors (Lipinski definition) is 1. The second kappa shape index (κ2) is 4.81. The maximum Gasteiger partial charge on any atom is 0.307 e. The number of unbranched alkanes of at least 4 members (excludes halogenated alkanes) is 1. The molecule has 90 valence electrons. The molecule has 0 aromatic carbocycles. The van der Waals surface area contributed by atoms with Gasteiger partial charge in [-0.15, -0.1) is 0 Å². The molecule has 0 amide bonds. The number of aldehydes is 1. The molecule has 3 heteroatoms. The van der Waals surface area contributed by atoms with Crippen LogP contribution in [0.5, 0.6) is 0 Å². The Kier molecular flexibility index (Phi) is 3.89. The van der Waals surface area contributed by atoms with Crippen molar-refractivity contribution in [1.82, 2.24) is 0 Å². The van der Waals surface area contributed by atoms with Crippen LogP contribution in [-0.2, 0) is 9.59 Å². The maximum absolute atomic E-state index is 11.0. The van der Waals surface area contributed by atoms with Crippen LogP contribution in [0.1, 0.15) is 40.0 Å². The SMILES string of the molecule is CCCCC(C=O)=CC1C(C(=O)O)C1(C)C. The van der Waals surface area contributed by atoms with Gasteiger partial charge in [-0.3, -0.25) is 9.59 Å². The van der Waals surface area contributed by atoms with Crippen LogP contribution in [0.2, 0.25) is 0 Å². The number of rotatable bonds is 6. The monoisotopic (exact) mass is 224 g/mol. The van der Waals surface area contributed by atoms with Crippen molar-refractivity contribution in [3.05, 3.63) is 11.6 Å². The summed E-state index contributed by atoms with van der Waals surface area (Å²) < 4.78 is 0. The molecule has 1 rings (SSSR count). The summed E-state index contributed by atoms with van der Waals surface area (Å²) >= 11 is 0. The zero-order chi connectivity index (χ0) is 12.3. The molecule has 1 aliphatic carbocycles. The van der Waals surface area contributed by atoms with Gasteiger partial charge >= 0.3 is 5.97 Å². The number of hydrogen-bond acceptors (Lipinski definition) is 2. The van der Waals surface area contributed by atoms with Crippen molar-refractivity contribution in [3.63, 3.8) is 0 Å². The number of carboxylic acid groups (broad SMARTS) is 1. The predicted octanol–water partition coefficient (Wildman–Crippen LogP) is 2.66. The first kappa shape index (κ1) is 12.9. The molecule has 0 aliphatic heterocycles. The summed E-state index contributed by atoms with van der Waals surface area (Å²) in [6, 6.07) is 0. The quantitative estimate of drug-likeness (QED) is 0.557. The van der Waals surface area contributed by atoms with Gasteiger partial charge < -0.3 is 5.11 Å². The van der Waals surface area contributed by atoms with E-state index in [-0.39, 0.29) is 17.3 Å². The first-order valence-corrected chi connectivity index (χ1v) is 5.83. The summed E-state index contributed by atoms with van der Waals surface area (Å²) in [4.78, 5) is 21.8. The molecule has 2 atom stereocenters. The fourth-order valence-electron chi connectivity index (χ4n) is 2.25. The van der Waals surface area contributed by atoms with E-state index in [0.717, 1.165) is 31.1 Å². The lowest BCUT2D eigenvalue weighted by Gasteiger charge is -2.00. The summed E-state index contributed by atoms with van der Waals surface area (Å²) in [5.41, 5.74) is 0.551. The van der Waals surface area contributed by atoms with E-state index in [2.05, 4.69) is 6.92 Å². The molecule has 3 nitrogen and oxygen atoms in total. The Morgan fingerprint density at radius 1 is 1.44 bits per heavy atom. The molecule has 0 saturated heterocycles. The molecule has 0 heterocycles. The van der Waals surface area contributed by atoms with E-state index in [1.54, 1.807) is 0 Å². The van der Waals surface area contributed by atoms with Crippen molar-refractivity contribution >= 4 is 12.3 Å². The van der Waals surface area contributed by atoms with Crippen molar-refractivity contribution in [1.29, 1.82) is 0 Å². The molecular weight excluding hydrogens is 204 g/mol. The van der Waals surface area contributed by atoms with Crippen molar-refractivity contribution < 1.29 is 14.7 Å². The summed E-state index contributed by atoms with van der Waals surface area (Å²) in [6.45, 7) is 5.95. The van der Waals surface area contributed by atoms with E-state index in [1.165, 1.54) is 0 Å². The highest BCUT2D eigenvalue weighted by Crippen LogP contribution is 2.59. The lowest BCUT2D eigenvalue weighted by atomic mass is 10.0. The van der Waals surface area contributed by atoms with Gasteiger partial charge in [0.05, 0.1) is 5.92 Å². The molecule has 0 aromatic heterocycles. The van der Waals surface area contributed by atoms with Crippen LogP contribution in [0.3, 0.4) is 0 Å². The van der Waals surface area contributed by atoms with Gasteiger partial charge in [0.15, 0.2) is 0 Å². The number of aliphatic carboxylic acids is 1. The first-order valence-electron chi connectivity index (χ1n) is 5.83. The van der Waals surface area contributed by atoms with Crippen molar-refractivity contribution in [3.8, 4) is 0 Å². The van der Waals surface area contributed by atoms with Gasteiger partial charge in [0.25, 0.3) is 0 Å². The Hall–Kier alpha value is -1.12. The van der Waals surface area contributed by atoms with Crippen LogP contribution in [0.25, 0.3) is 0 Å². The molecule has 1 fully saturated rings. The van der Waals surface area contributed by atoms with Gasteiger partial charge in [0.2, 0.25) is 0 Å². The summed E-state index contributed by atoms with van der Waals surface area (Å²) in [6.07, 6.45) is 5.51. The first-order chi connectivity index (χ1) is 7.45. The normalized spacial score (nSPS) is 27.6. The van der Waals surface area contributed by atoms with Gasteiger partial charge in [-0.05, 0) is 29.7 Å². The second-order valence-corrected chi connectivity index (χ2v) is 5.13. The minimum absolute atomic E-state index is 0.0158. The molecule has 0 bridgehead atoms. The van der Waals surface area contributed by atoms with Crippen LogP contribution < -0.4 is 0 Å². The minimum atomic E-state index is -0.757. The Morgan fingerprint density at radius 2 is 2.06 bits per heavy atom. The van der Waals surface area contributed by atoms with Crippen LogP contribution in [0.15, 0.2) is 11.6 Å². The molecule has 0 aromatic rings. The van der Waals surface area contributed by atoms with E-state index >= 15 is 0 Å². The lowest BCUT2D eigenvalue weighted by Crippen LogP contribution is -2.03. The lowest BCUT2D eigenvalue weighted by molar-refractivity contribution is -0.139. The van der Waals surface area contributed by atoms with Gasteiger partial charge in [0.1, 0.15) is 6.29 Å². The van der Waals surface area contributed by atoms with Crippen LogP contribution >= 0.6 is 0 Å². The molecular formula is C13H20O3. The highest BCUT2D eigenvalue weighted by Gasteiger charge is 2.60. The van der Waals surface area contributed by atoms with Crippen molar-refractivity contribution in [2.24, 2.45) is 17.3 Å². The highest BCUT2D eigenvalue weighted by molar-refractivity contribution is 5.78.